The van der Waals surface area contributed by atoms with Crippen molar-refractivity contribution >= 4 is 11.7 Å². The molecule has 0 radical (unpaired) electrons. The zero-order valence-electron chi connectivity index (χ0n) is 13.0. The molecule has 1 aromatic rings. The lowest BCUT2D eigenvalue weighted by Crippen LogP contribution is -2.43. The van der Waals surface area contributed by atoms with Gasteiger partial charge >= 0.3 is 0 Å². The molecule has 0 N–H and O–H groups in total. The summed E-state index contributed by atoms with van der Waals surface area (Å²) >= 11 is 0. The summed E-state index contributed by atoms with van der Waals surface area (Å²) in [6.07, 6.45) is 4.20. The number of likely N-dealkylation sites (tertiary alicyclic amines) is 1. The number of rotatable bonds is 3. The summed E-state index contributed by atoms with van der Waals surface area (Å²) in [6.45, 7) is 0. The number of fused-ring (bicyclic) bond motifs is 1. The first kappa shape index (κ1) is 14.6. The third-order valence-electron chi connectivity index (χ3n) is 4.78. The fourth-order valence-electron chi connectivity index (χ4n) is 3.52. The van der Waals surface area contributed by atoms with Gasteiger partial charge in [0.1, 0.15) is 0 Å². The molecule has 1 heterocycles. The summed E-state index contributed by atoms with van der Waals surface area (Å²) in [5.41, 5.74) is 0.496. The average molecular weight is 301 g/mol. The smallest absolute Gasteiger partial charge is 0.223 e. The predicted molar refractivity (Wildman–Crippen MR) is 81.2 cm³/mol. The van der Waals surface area contributed by atoms with Crippen LogP contribution in [0.15, 0.2) is 30.4 Å². The molecule has 5 heteroatoms. The van der Waals surface area contributed by atoms with Crippen LogP contribution in [-0.2, 0) is 15.0 Å². The summed E-state index contributed by atoms with van der Waals surface area (Å²) in [5, 5.41) is 0. The lowest BCUT2D eigenvalue weighted by molar-refractivity contribution is -0.128. The fourth-order valence-corrected chi connectivity index (χ4v) is 3.52. The van der Waals surface area contributed by atoms with Crippen molar-refractivity contribution < 1.29 is 19.1 Å². The average Bonchev–Trinajstić information content (AvgIpc) is 2.79. The summed E-state index contributed by atoms with van der Waals surface area (Å²) < 4.78 is 10.6. The highest BCUT2D eigenvalue weighted by molar-refractivity contribution is 5.95. The minimum Gasteiger partial charge on any atom is -0.493 e. The molecule has 1 aromatic carbocycles. The Bertz CT molecular complexity index is 667. The number of benzene rings is 1. The van der Waals surface area contributed by atoms with Crippen LogP contribution in [0.4, 0.5) is 0 Å². The molecule has 2 atom stereocenters. The number of ketones is 1. The number of likely N-dealkylation sites (N-methyl/N-ethyl adjacent to an activating group) is 1. The Morgan fingerprint density at radius 2 is 1.91 bits per heavy atom. The second-order valence-electron chi connectivity index (χ2n) is 5.81. The molecule has 22 heavy (non-hydrogen) atoms. The van der Waals surface area contributed by atoms with Crippen molar-refractivity contribution in [2.45, 2.75) is 24.3 Å². The zero-order valence-corrected chi connectivity index (χ0v) is 13.0. The van der Waals surface area contributed by atoms with E-state index < -0.39 is 5.41 Å². The van der Waals surface area contributed by atoms with Crippen LogP contribution in [-0.4, -0.2) is 43.9 Å². The van der Waals surface area contributed by atoms with Crippen LogP contribution < -0.4 is 9.47 Å². The normalized spacial score (nSPS) is 27.0. The molecule has 116 valence electrons. The lowest BCUT2D eigenvalue weighted by Gasteiger charge is -2.37. The van der Waals surface area contributed by atoms with Crippen LogP contribution in [0.25, 0.3) is 0 Å². The van der Waals surface area contributed by atoms with Gasteiger partial charge < -0.3 is 14.4 Å². The van der Waals surface area contributed by atoms with Gasteiger partial charge in [-0.1, -0.05) is 12.1 Å². The first-order valence-corrected chi connectivity index (χ1v) is 7.22. The summed E-state index contributed by atoms with van der Waals surface area (Å²) in [7, 11) is 4.94. The van der Waals surface area contributed by atoms with Crippen molar-refractivity contribution in [3.05, 3.63) is 35.9 Å². The van der Waals surface area contributed by atoms with Crippen molar-refractivity contribution in [3.63, 3.8) is 0 Å². The van der Waals surface area contributed by atoms with E-state index in [9.17, 15) is 9.59 Å². The Labute approximate surface area is 129 Å². The number of methoxy groups -OCH3 is 2. The Kier molecular flexibility index (Phi) is 3.43. The number of amides is 1. The lowest BCUT2D eigenvalue weighted by atomic mass is 9.69. The van der Waals surface area contributed by atoms with Crippen LogP contribution in [0, 0.1) is 0 Å². The standard InChI is InChI=1S/C17H19NO4/c1-18-15-9-12(19)6-7-17(15,10-16(18)20)11-4-5-13(21-2)14(8-11)22-3/h4-8,15H,9-10H2,1-3H3/t15-,17-/m0/s1. The summed E-state index contributed by atoms with van der Waals surface area (Å²) in [5.74, 6) is 1.38. The minimum absolute atomic E-state index is 0.0548. The summed E-state index contributed by atoms with van der Waals surface area (Å²) in [4.78, 5) is 25.7. The van der Waals surface area contributed by atoms with E-state index in [-0.39, 0.29) is 17.7 Å². The van der Waals surface area contributed by atoms with E-state index in [4.69, 9.17) is 9.47 Å². The van der Waals surface area contributed by atoms with Gasteiger partial charge in [-0.25, -0.2) is 0 Å². The van der Waals surface area contributed by atoms with Crippen molar-refractivity contribution in [3.8, 4) is 11.5 Å². The molecular formula is C17H19NO4. The molecule has 0 unspecified atom stereocenters. The third-order valence-corrected chi connectivity index (χ3v) is 4.78. The number of carbonyl (C=O) groups is 2. The van der Waals surface area contributed by atoms with E-state index in [2.05, 4.69) is 0 Å². The second kappa shape index (κ2) is 5.16. The van der Waals surface area contributed by atoms with Crippen LogP contribution >= 0.6 is 0 Å². The Hall–Kier alpha value is -2.30. The Morgan fingerprint density at radius 3 is 2.59 bits per heavy atom. The Balaban J connectivity index is 2.13. The number of ether oxygens (including phenoxy) is 2. The SMILES string of the molecule is COc1ccc([C@@]23C=CC(=O)C[C@@H]2N(C)C(=O)C3)cc1OC. The zero-order chi connectivity index (χ0) is 15.9. The molecule has 1 aliphatic carbocycles. The van der Waals surface area contributed by atoms with Gasteiger partial charge in [-0.05, 0) is 23.8 Å². The maximum absolute atomic E-state index is 12.2. The molecule has 3 rings (SSSR count). The molecule has 0 bridgehead atoms. The van der Waals surface area contributed by atoms with Gasteiger partial charge in [0.15, 0.2) is 17.3 Å². The van der Waals surface area contributed by atoms with Gasteiger partial charge in [-0.15, -0.1) is 0 Å². The molecule has 1 amide bonds. The fraction of sp³-hybridized carbons (Fsp3) is 0.412. The molecule has 1 saturated heterocycles. The van der Waals surface area contributed by atoms with Gasteiger partial charge in [0.2, 0.25) is 5.91 Å². The highest BCUT2D eigenvalue weighted by Crippen LogP contribution is 2.46. The van der Waals surface area contributed by atoms with Gasteiger partial charge in [0.25, 0.3) is 0 Å². The molecule has 0 aromatic heterocycles. The molecule has 0 spiro atoms. The van der Waals surface area contributed by atoms with E-state index in [1.807, 2.05) is 24.3 Å². The number of hydrogen-bond donors (Lipinski definition) is 0. The highest BCUT2D eigenvalue weighted by atomic mass is 16.5. The van der Waals surface area contributed by atoms with E-state index in [0.29, 0.717) is 24.3 Å². The molecule has 2 aliphatic rings. The van der Waals surface area contributed by atoms with E-state index in [1.54, 1.807) is 32.2 Å². The quantitative estimate of drug-likeness (QED) is 0.853. The van der Waals surface area contributed by atoms with Crippen LogP contribution in [0.5, 0.6) is 11.5 Å². The summed E-state index contributed by atoms with van der Waals surface area (Å²) in [6, 6.07) is 5.54. The molecule has 5 nitrogen and oxygen atoms in total. The number of allylic oxidation sites excluding steroid dienone is 1. The second-order valence-corrected chi connectivity index (χ2v) is 5.81. The Morgan fingerprint density at radius 1 is 1.18 bits per heavy atom. The number of nitrogens with zero attached hydrogens (tertiary/aromatic N) is 1. The topological polar surface area (TPSA) is 55.8 Å². The van der Waals surface area contributed by atoms with Crippen LogP contribution in [0.1, 0.15) is 18.4 Å². The monoisotopic (exact) mass is 301 g/mol. The van der Waals surface area contributed by atoms with Gasteiger partial charge in [-0.2, -0.15) is 0 Å². The maximum atomic E-state index is 12.2. The third kappa shape index (κ3) is 2.00. The van der Waals surface area contributed by atoms with Crippen LogP contribution in [0.3, 0.4) is 0 Å². The van der Waals surface area contributed by atoms with Crippen LogP contribution in [0.2, 0.25) is 0 Å². The largest absolute Gasteiger partial charge is 0.493 e. The molecule has 1 aliphatic heterocycles. The van der Waals surface area contributed by atoms with E-state index in [0.717, 1.165) is 5.56 Å². The molecule has 0 saturated carbocycles. The molecule has 1 fully saturated rings. The molecular weight excluding hydrogens is 282 g/mol. The van der Waals surface area contributed by atoms with Crippen molar-refractivity contribution in [1.82, 2.24) is 4.90 Å². The minimum atomic E-state index is -0.473. The van der Waals surface area contributed by atoms with Gasteiger partial charge in [0.05, 0.1) is 20.3 Å². The van der Waals surface area contributed by atoms with Gasteiger partial charge in [0, 0.05) is 25.3 Å². The van der Waals surface area contributed by atoms with E-state index >= 15 is 0 Å². The number of hydrogen-bond acceptors (Lipinski definition) is 4. The van der Waals surface area contributed by atoms with Crippen molar-refractivity contribution in [2.75, 3.05) is 21.3 Å². The van der Waals surface area contributed by atoms with Gasteiger partial charge in [-0.3, -0.25) is 9.59 Å². The van der Waals surface area contributed by atoms with Crippen molar-refractivity contribution in [2.24, 2.45) is 0 Å². The van der Waals surface area contributed by atoms with Crippen molar-refractivity contribution in [1.29, 1.82) is 0 Å². The predicted octanol–water partition coefficient (Wildman–Crippen LogP) is 1.70. The number of carbonyl (C=O) groups excluding carboxylic acids is 2. The first-order valence-electron chi connectivity index (χ1n) is 7.22. The van der Waals surface area contributed by atoms with E-state index in [1.165, 1.54) is 0 Å². The maximum Gasteiger partial charge on any atom is 0.223 e. The highest BCUT2D eigenvalue weighted by Gasteiger charge is 2.52. The first-order chi connectivity index (χ1) is 10.5.